The van der Waals surface area contributed by atoms with Crippen LogP contribution in [0.3, 0.4) is 0 Å². The Morgan fingerprint density at radius 1 is 0.815 bits per heavy atom. The van der Waals surface area contributed by atoms with Crippen LogP contribution in [0.15, 0.2) is 0 Å². The molecule has 0 aromatic carbocycles. The summed E-state index contributed by atoms with van der Waals surface area (Å²) < 4.78 is 1.44. The average molecular weight is 378 g/mol. The molecule has 0 spiro atoms. The molecule has 7 unspecified atom stereocenters. The molecular formula is C25H49N2+. The van der Waals surface area contributed by atoms with E-state index in [0.29, 0.717) is 0 Å². The van der Waals surface area contributed by atoms with Crippen molar-refractivity contribution in [1.82, 2.24) is 4.90 Å². The van der Waals surface area contributed by atoms with E-state index in [1.165, 1.54) is 63.1 Å². The molecule has 4 aliphatic rings. The van der Waals surface area contributed by atoms with Gasteiger partial charge < -0.3 is 9.38 Å². The molecule has 3 aliphatic carbocycles. The minimum Gasteiger partial charge on any atom is -0.323 e. The number of quaternary nitrogens is 1. The summed E-state index contributed by atoms with van der Waals surface area (Å²) >= 11 is 0. The van der Waals surface area contributed by atoms with Crippen molar-refractivity contribution in [3.05, 3.63) is 0 Å². The Bertz CT molecular complexity index is 473. The lowest BCUT2D eigenvalue weighted by molar-refractivity contribution is -0.920. The minimum atomic E-state index is 0.792. The predicted octanol–water partition coefficient (Wildman–Crippen LogP) is 5.39. The van der Waals surface area contributed by atoms with Crippen LogP contribution in [0.5, 0.6) is 0 Å². The lowest BCUT2D eigenvalue weighted by atomic mass is 9.50. The molecule has 0 N–H and O–H groups in total. The fourth-order valence-electron chi connectivity index (χ4n) is 7.99. The summed E-state index contributed by atoms with van der Waals surface area (Å²) in [6.45, 7) is 26.7. The highest BCUT2D eigenvalue weighted by Gasteiger charge is 2.60. The molecule has 0 radical (unpaired) electrons. The first kappa shape index (κ1) is 21.6. The first-order valence-electron chi connectivity index (χ1n) is 12.4. The standard InChI is InChI=1S/C25H49N2/c1-8-20-21-11-12-22(23(20)14-26(9-2)13-18(4)5)25-17-27(10-3,15-19(6)7)16-24(21)25/h18-25H,8-17H2,1-7H3/q+1. The summed E-state index contributed by atoms with van der Waals surface area (Å²) in [7, 11) is 0. The number of hydrogen-bond acceptors (Lipinski definition) is 1. The molecule has 4 fully saturated rings. The molecule has 1 heterocycles. The second kappa shape index (κ2) is 8.74. The third-order valence-electron chi connectivity index (χ3n) is 8.76. The molecule has 158 valence electrons. The van der Waals surface area contributed by atoms with Gasteiger partial charge in [0.25, 0.3) is 0 Å². The number of fused-ring (bicyclic) bond motifs is 2. The highest BCUT2D eigenvalue weighted by atomic mass is 15.4. The van der Waals surface area contributed by atoms with E-state index >= 15 is 0 Å². The SMILES string of the molecule is CCC1C2CCC(C1CN(CC)CC(C)C)C1C[N+](CC)(CC(C)C)CC21. The topological polar surface area (TPSA) is 3.24 Å². The Balaban J connectivity index is 1.80. The first-order chi connectivity index (χ1) is 12.8. The normalized spacial score (nSPS) is 41.1. The zero-order valence-electron chi connectivity index (χ0n) is 19.6. The highest BCUT2D eigenvalue weighted by Crippen LogP contribution is 2.59. The maximum Gasteiger partial charge on any atom is 0.0823 e. The van der Waals surface area contributed by atoms with Gasteiger partial charge in [0, 0.05) is 30.8 Å². The zero-order valence-corrected chi connectivity index (χ0v) is 19.6. The third-order valence-corrected chi connectivity index (χ3v) is 8.76. The molecule has 3 saturated carbocycles. The van der Waals surface area contributed by atoms with Gasteiger partial charge in [-0.1, -0.05) is 48.0 Å². The van der Waals surface area contributed by atoms with Crippen molar-refractivity contribution in [2.75, 3.05) is 45.8 Å². The maximum atomic E-state index is 2.79. The predicted molar refractivity (Wildman–Crippen MR) is 118 cm³/mol. The van der Waals surface area contributed by atoms with Gasteiger partial charge in [-0.05, 0) is 55.9 Å². The van der Waals surface area contributed by atoms with Gasteiger partial charge in [0.15, 0.2) is 0 Å². The van der Waals surface area contributed by atoms with Crippen LogP contribution in [0, 0.1) is 47.3 Å². The summed E-state index contributed by atoms with van der Waals surface area (Å²) in [5.74, 6) is 7.74. The smallest absolute Gasteiger partial charge is 0.0823 e. The van der Waals surface area contributed by atoms with Crippen LogP contribution in [-0.4, -0.2) is 55.2 Å². The molecule has 1 aliphatic heterocycles. The van der Waals surface area contributed by atoms with Gasteiger partial charge in [0.1, 0.15) is 0 Å². The Morgan fingerprint density at radius 3 is 1.85 bits per heavy atom. The molecule has 7 atom stereocenters. The number of rotatable bonds is 9. The summed E-state index contributed by atoms with van der Waals surface area (Å²) in [5, 5.41) is 0. The average Bonchev–Trinajstić information content (AvgIpc) is 3.01. The van der Waals surface area contributed by atoms with Gasteiger partial charge in [-0.3, -0.25) is 0 Å². The van der Waals surface area contributed by atoms with Gasteiger partial charge in [-0.15, -0.1) is 0 Å². The Labute approximate surface area is 170 Å². The van der Waals surface area contributed by atoms with Crippen molar-refractivity contribution >= 4 is 0 Å². The molecule has 0 aromatic heterocycles. The van der Waals surface area contributed by atoms with Crippen LogP contribution < -0.4 is 0 Å². The van der Waals surface area contributed by atoms with Crippen molar-refractivity contribution < 1.29 is 4.48 Å². The van der Waals surface area contributed by atoms with Crippen LogP contribution in [-0.2, 0) is 0 Å². The minimum absolute atomic E-state index is 0.792. The van der Waals surface area contributed by atoms with E-state index in [-0.39, 0.29) is 0 Å². The molecule has 4 rings (SSSR count). The largest absolute Gasteiger partial charge is 0.323 e. The molecule has 2 bridgehead atoms. The van der Waals surface area contributed by atoms with E-state index in [0.717, 1.165) is 47.3 Å². The Hall–Kier alpha value is -0.0800. The lowest BCUT2D eigenvalue weighted by Gasteiger charge is -2.54. The van der Waals surface area contributed by atoms with E-state index in [9.17, 15) is 0 Å². The van der Waals surface area contributed by atoms with Crippen molar-refractivity contribution in [3.8, 4) is 0 Å². The second-order valence-electron chi connectivity index (χ2n) is 11.3. The monoisotopic (exact) mass is 377 g/mol. The molecule has 2 heteroatoms. The summed E-state index contributed by atoms with van der Waals surface area (Å²) in [6, 6.07) is 0. The van der Waals surface area contributed by atoms with Crippen LogP contribution in [0.2, 0.25) is 0 Å². The van der Waals surface area contributed by atoms with Crippen molar-refractivity contribution in [2.45, 2.75) is 67.7 Å². The molecule has 0 aromatic rings. The quantitative estimate of drug-likeness (QED) is 0.487. The van der Waals surface area contributed by atoms with E-state index in [1.807, 2.05) is 0 Å². The Morgan fingerprint density at radius 2 is 1.41 bits per heavy atom. The van der Waals surface area contributed by atoms with Gasteiger partial charge in [-0.25, -0.2) is 0 Å². The van der Waals surface area contributed by atoms with E-state index < -0.39 is 0 Å². The molecule has 2 nitrogen and oxygen atoms in total. The van der Waals surface area contributed by atoms with Crippen molar-refractivity contribution in [3.63, 3.8) is 0 Å². The van der Waals surface area contributed by atoms with Crippen LogP contribution in [0.4, 0.5) is 0 Å². The van der Waals surface area contributed by atoms with Crippen LogP contribution in [0.25, 0.3) is 0 Å². The maximum absolute atomic E-state index is 2.79. The number of hydrogen-bond donors (Lipinski definition) is 0. The molecule has 27 heavy (non-hydrogen) atoms. The fourth-order valence-corrected chi connectivity index (χ4v) is 7.99. The summed E-state index contributed by atoms with van der Waals surface area (Å²) in [6.07, 6.45) is 4.50. The second-order valence-corrected chi connectivity index (χ2v) is 11.3. The summed E-state index contributed by atoms with van der Waals surface area (Å²) in [5.41, 5.74) is 0. The molecule has 0 amide bonds. The van der Waals surface area contributed by atoms with Crippen LogP contribution in [0.1, 0.15) is 67.7 Å². The zero-order chi connectivity index (χ0) is 19.8. The first-order valence-corrected chi connectivity index (χ1v) is 12.4. The fraction of sp³-hybridized carbons (Fsp3) is 1.00. The lowest BCUT2D eigenvalue weighted by Crippen LogP contribution is -2.53. The van der Waals surface area contributed by atoms with Crippen molar-refractivity contribution in [1.29, 1.82) is 0 Å². The number of likely N-dealkylation sites (tertiary alicyclic amines) is 1. The van der Waals surface area contributed by atoms with E-state index in [2.05, 4.69) is 53.4 Å². The van der Waals surface area contributed by atoms with Gasteiger partial charge in [0.2, 0.25) is 0 Å². The highest BCUT2D eigenvalue weighted by molar-refractivity contribution is 5.03. The van der Waals surface area contributed by atoms with Gasteiger partial charge in [-0.2, -0.15) is 0 Å². The molecule has 1 saturated heterocycles. The van der Waals surface area contributed by atoms with Gasteiger partial charge in [0.05, 0.1) is 26.2 Å². The summed E-state index contributed by atoms with van der Waals surface area (Å²) in [4.78, 5) is 2.79. The van der Waals surface area contributed by atoms with E-state index in [4.69, 9.17) is 0 Å². The van der Waals surface area contributed by atoms with Gasteiger partial charge >= 0.3 is 0 Å². The third kappa shape index (κ3) is 4.27. The number of nitrogens with zero attached hydrogens (tertiary/aromatic N) is 2. The Kier molecular flexibility index (Phi) is 7.00. The van der Waals surface area contributed by atoms with Crippen molar-refractivity contribution in [2.24, 2.45) is 47.3 Å². The molecular weight excluding hydrogens is 328 g/mol. The van der Waals surface area contributed by atoms with Crippen LogP contribution >= 0.6 is 0 Å². The van der Waals surface area contributed by atoms with E-state index in [1.54, 1.807) is 6.42 Å².